The molecule has 5 nitrogen and oxygen atoms in total. The Kier molecular flexibility index (Phi) is 3.97. The van der Waals surface area contributed by atoms with Gasteiger partial charge in [-0.2, -0.15) is 9.67 Å². The van der Waals surface area contributed by atoms with Gasteiger partial charge in [0, 0.05) is 6.54 Å². The average Bonchev–Trinajstić information content (AvgIpc) is 2.67. The zero-order valence-electron chi connectivity index (χ0n) is 12.9. The third-order valence-corrected chi connectivity index (χ3v) is 3.15. The van der Waals surface area contributed by atoms with Crippen molar-refractivity contribution in [1.82, 2.24) is 14.8 Å². The van der Waals surface area contributed by atoms with Crippen LogP contribution in [-0.4, -0.2) is 21.3 Å². The van der Waals surface area contributed by atoms with Crippen LogP contribution in [0.4, 0.5) is 11.9 Å². The van der Waals surface area contributed by atoms with Gasteiger partial charge in [0.15, 0.2) is 0 Å². The minimum absolute atomic E-state index is 0.409. The molecule has 1 heterocycles. The zero-order valence-corrected chi connectivity index (χ0v) is 12.9. The lowest BCUT2D eigenvalue weighted by molar-refractivity contribution is 0.684. The summed E-state index contributed by atoms with van der Waals surface area (Å²) in [4.78, 5) is 4.28. The number of nitrogens with one attached hydrogen (secondary N) is 1. The van der Waals surface area contributed by atoms with E-state index in [1.165, 1.54) is 5.56 Å². The van der Waals surface area contributed by atoms with Gasteiger partial charge in [0.25, 0.3) is 0 Å². The SMILES string of the molecule is Cc1cc(C)c(-n2nc(NCC(C)C)nc2N)c(C)c1. The second-order valence-corrected chi connectivity index (χ2v) is 5.73. The fourth-order valence-corrected chi connectivity index (χ4v) is 2.37. The molecule has 3 N–H and O–H groups in total. The second-order valence-electron chi connectivity index (χ2n) is 5.73. The first-order valence-electron chi connectivity index (χ1n) is 6.93. The number of hydrogen-bond acceptors (Lipinski definition) is 4. The summed E-state index contributed by atoms with van der Waals surface area (Å²) in [5.74, 6) is 1.52. The van der Waals surface area contributed by atoms with Crippen LogP contribution in [0, 0.1) is 26.7 Å². The third kappa shape index (κ3) is 2.92. The lowest BCUT2D eigenvalue weighted by atomic mass is 10.1. The van der Waals surface area contributed by atoms with E-state index in [0.717, 1.165) is 23.4 Å². The maximum atomic E-state index is 6.00. The molecule has 0 unspecified atom stereocenters. The van der Waals surface area contributed by atoms with E-state index in [1.54, 1.807) is 4.68 Å². The highest BCUT2D eigenvalue weighted by Gasteiger charge is 2.13. The Morgan fingerprint density at radius 2 is 1.80 bits per heavy atom. The molecule has 0 aliphatic carbocycles. The van der Waals surface area contributed by atoms with E-state index in [4.69, 9.17) is 5.73 Å². The van der Waals surface area contributed by atoms with Crippen LogP contribution in [0.3, 0.4) is 0 Å². The number of benzene rings is 1. The number of anilines is 2. The molecular formula is C15H23N5. The van der Waals surface area contributed by atoms with Gasteiger partial charge < -0.3 is 11.1 Å². The summed E-state index contributed by atoms with van der Waals surface area (Å²) >= 11 is 0. The van der Waals surface area contributed by atoms with Crippen LogP contribution in [0.15, 0.2) is 12.1 Å². The van der Waals surface area contributed by atoms with Crippen LogP contribution in [0.2, 0.25) is 0 Å². The van der Waals surface area contributed by atoms with E-state index >= 15 is 0 Å². The first-order valence-corrected chi connectivity index (χ1v) is 6.93. The van der Waals surface area contributed by atoms with E-state index < -0.39 is 0 Å². The average molecular weight is 273 g/mol. The first-order chi connectivity index (χ1) is 9.38. The van der Waals surface area contributed by atoms with Crippen LogP contribution in [0.1, 0.15) is 30.5 Å². The predicted molar refractivity (Wildman–Crippen MR) is 83.3 cm³/mol. The van der Waals surface area contributed by atoms with E-state index in [-0.39, 0.29) is 0 Å². The van der Waals surface area contributed by atoms with Crippen molar-refractivity contribution in [1.29, 1.82) is 0 Å². The molecule has 0 saturated heterocycles. The Hall–Kier alpha value is -2.04. The summed E-state index contributed by atoms with van der Waals surface area (Å²) in [6.45, 7) is 11.3. The molecule has 0 fully saturated rings. The molecule has 0 aliphatic heterocycles. The van der Waals surface area contributed by atoms with Crippen molar-refractivity contribution in [3.05, 3.63) is 28.8 Å². The molecule has 20 heavy (non-hydrogen) atoms. The van der Waals surface area contributed by atoms with Gasteiger partial charge in [-0.1, -0.05) is 31.5 Å². The molecule has 2 aromatic rings. The third-order valence-electron chi connectivity index (χ3n) is 3.15. The molecule has 0 aliphatic rings. The Balaban J connectivity index is 2.39. The molecule has 0 bridgehead atoms. The van der Waals surface area contributed by atoms with Crippen LogP contribution >= 0.6 is 0 Å². The van der Waals surface area contributed by atoms with Crippen molar-refractivity contribution in [2.24, 2.45) is 5.92 Å². The Morgan fingerprint density at radius 1 is 1.20 bits per heavy atom. The molecule has 0 radical (unpaired) electrons. The minimum Gasteiger partial charge on any atom is -0.368 e. The van der Waals surface area contributed by atoms with Gasteiger partial charge in [0.2, 0.25) is 11.9 Å². The van der Waals surface area contributed by atoms with Gasteiger partial charge in [-0.25, -0.2) is 0 Å². The normalized spacial score (nSPS) is 11.1. The molecule has 0 saturated carbocycles. The van der Waals surface area contributed by atoms with E-state index in [9.17, 15) is 0 Å². The van der Waals surface area contributed by atoms with Crippen LogP contribution < -0.4 is 11.1 Å². The summed E-state index contributed by atoms with van der Waals surface area (Å²) in [7, 11) is 0. The van der Waals surface area contributed by atoms with Crippen LogP contribution in [0.5, 0.6) is 0 Å². The molecule has 0 amide bonds. The summed E-state index contributed by atoms with van der Waals surface area (Å²) in [6.07, 6.45) is 0. The number of aryl methyl sites for hydroxylation is 3. The van der Waals surface area contributed by atoms with Crippen molar-refractivity contribution in [2.75, 3.05) is 17.6 Å². The topological polar surface area (TPSA) is 68.8 Å². The first kappa shape index (κ1) is 14.4. The highest BCUT2D eigenvalue weighted by atomic mass is 15.4. The molecule has 1 aromatic carbocycles. The van der Waals surface area contributed by atoms with Gasteiger partial charge in [-0.15, -0.1) is 5.10 Å². The second kappa shape index (κ2) is 5.53. The molecule has 0 atom stereocenters. The number of rotatable bonds is 4. The highest BCUT2D eigenvalue weighted by molar-refractivity contribution is 5.52. The highest BCUT2D eigenvalue weighted by Crippen LogP contribution is 2.23. The monoisotopic (exact) mass is 273 g/mol. The van der Waals surface area contributed by atoms with Gasteiger partial charge in [-0.05, 0) is 37.8 Å². The van der Waals surface area contributed by atoms with E-state index in [1.807, 2.05) is 0 Å². The summed E-state index contributed by atoms with van der Waals surface area (Å²) in [6, 6.07) is 4.26. The summed E-state index contributed by atoms with van der Waals surface area (Å²) in [5, 5.41) is 7.68. The van der Waals surface area contributed by atoms with Gasteiger partial charge in [-0.3, -0.25) is 0 Å². The smallest absolute Gasteiger partial charge is 0.244 e. The maximum Gasteiger partial charge on any atom is 0.244 e. The standard InChI is InChI=1S/C15H23N5/c1-9(2)8-17-15-18-14(16)20(19-15)13-11(4)6-10(3)7-12(13)5/h6-7,9H,8H2,1-5H3,(H3,16,17,18,19). The van der Waals surface area contributed by atoms with Crippen molar-refractivity contribution in [3.8, 4) is 5.69 Å². The van der Waals surface area contributed by atoms with Gasteiger partial charge in [0.05, 0.1) is 5.69 Å². The van der Waals surface area contributed by atoms with Crippen molar-refractivity contribution < 1.29 is 0 Å². The van der Waals surface area contributed by atoms with Crippen LogP contribution in [-0.2, 0) is 0 Å². The number of nitrogens with two attached hydrogens (primary N) is 1. The largest absolute Gasteiger partial charge is 0.368 e. The molecule has 5 heteroatoms. The molecule has 2 rings (SSSR count). The van der Waals surface area contributed by atoms with E-state index in [2.05, 4.69) is 62.2 Å². The van der Waals surface area contributed by atoms with Crippen molar-refractivity contribution in [2.45, 2.75) is 34.6 Å². The predicted octanol–water partition coefficient (Wildman–Crippen LogP) is 2.84. The molecule has 0 spiro atoms. The summed E-state index contributed by atoms with van der Waals surface area (Å²) < 4.78 is 1.72. The van der Waals surface area contributed by atoms with E-state index in [0.29, 0.717) is 17.8 Å². The fourth-order valence-electron chi connectivity index (χ4n) is 2.37. The minimum atomic E-state index is 0.409. The van der Waals surface area contributed by atoms with Gasteiger partial charge in [0.1, 0.15) is 0 Å². The molecule has 1 aromatic heterocycles. The number of hydrogen-bond donors (Lipinski definition) is 2. The number of nitrogens with zero attached hydrogens (tertiary/aromatic N) is 3. The van der Waals surface area contributed by atoms with Crippen molar-refractivity contribution >= 4 is 11.9 Å². The number of nitrogen functional groups attached to an aromatic ring is 1. The summed E-state index contributed by atoms with van der Waals surface area (Å²) in [5.41, 5.74) is 10.5. The lowest BCUT2D eigenvalue weighted by Gasteiger charge is -2.11. The maximum absolute atomic E-state index is 6.00. The Bertz CT molecular complexity index is 590. The van der Waals surface area contributed by atoms with Gasteiger partial charge >= 0.3 is 0 Å². The quantitative estimate of drug-likeness (QED) is 0.898. The zero-order chi connectivity index (χ0) is 14.9. The molecular weight excluding hydrogens is 250 g/mol. The van der Waals surface area contributed by atoms with Crippen molar-refractivity contribution in [3.63, 3.8) is 0 Å². The Morgan fingerprint density at radius 3 is 2.35 bits per heavy atom. The molecule has 108 valence electrons. The van der Waals surface area contributed by atoms with Crippen LogP contribution in [0.25, 0.3) is 5.69 Å². The fraction of sp³-hybridized carbons (Fsp3) is 0.467. The Labute approximate surface area is 120 Å². The lowest BCUT2D eigenvalue weighted by Crippen LogP contribution is -2.10. The number of aromatic nitrogens is 3.